The molecule has 3 nitrogen and oxygen atoms in total. The molecule has 1 heterocycles. The van der Waals surface area contributed by atoms with E-state index < -0.39 is 0 Å². The van der Waals surface area contributed by atoms with Gasteiger partial charge in [0, 0.05) is 25.7 Å². The predicted molar refractivity (Wildman–Crippen MR) is 82.8 cm³/mol. The lowest BCUT2D eigenvalue weighted by Gasteiger charge is -2.46. The van der Waals surface area contributed by atoms with Crippen molar-refractivity contribution >= 4 is 0 Å². The number of likely N-dealkylation sites (tertiary alicyclic amines) is 1. The molecule has 3 heteroatoms. The van der Waals surface area contributed by atoms with Crippen molar-refractivity contribution in [1.29, 1.82) is 0 Å². The zero-order valence-electron chi connectivity index (χ0n) is 13.8. The molecule has 0 aromatic rings. The van der Waals surface area contributed by atoms with E-state index in [1.807, 2.05) is 0 Å². The fraction of sp³-hybridized carbons (Fsp3) is 1.00. The van der Waals surface area contributed by atoms with Crippen molar-refractivity contribution in [3.63, 3.8) is 0 Å². The summed E-state index contributed by atoms with van der Waals surface area (Å²) in [5.41, 5.74) is 0.363. The second kappa shape index (κ2) is 6.76. The molecule has 0 amide bonds. The molecule has 1 N–H and O–H groups in total. The standard InChI is InChI=1S/C17H33NO2/c1-5-20-14-8-10-18(11-9-14)15-12-13(17(2,3)4)6-7-16(15)19/h13-16,19H,5-12H2,1-4H3. The van der Waals surface area contributed by atoms with Gasteiger partial charge in [-0.05, 0) is 50.4 Å². The van der Waals surface area contributed by atoms with Crippen LogP contribution in [0.4, 0.5) is 0 Å². The zero-order chi connectivity index (χ0) is 14.8. The molecule has 0 spiro atoms. The molecule has 0 aromatic carbocycles. The van der Waals surface area contributed by atoms with Crippen LogP contribution in [0.15, 0.2) is 0 Å². The second-order valence-corrected chi connectivity index (χ2v) is 7.70. The minimum Gasteiger partial charge on any atom is -0.391 e. The maximum absolute atomic E-state index is 10.4. The summed E-state index contributed by atoms with van der Waals surface area (Å²) in [6.45, 7) is 12.1. The van der Waals surface area contributed by atoms with Crippen LogP contribution in [0.2, 0.25) is 0 Å². The average molecular weight is 283 g/mol. The SMILES string of the molecule is CCOC1CCN(C2CC(C(C)(C)C)CCC2O)CC1. The van der Waals surface area contributed by atoms with Gasteiger partial charge in [-0.1, -0.05) is 20.8 Å². The number of hydrogen-bond acceptors (Lipinski definition) is 3. The van der Waals surface area contributed by atoms with Gasteiger partial charge in [-0.15, -0.1) is 0 Å². The normalized spacial score (nSPS) is 34.4. The molecule has 1 aliphatic carbocycles. The number of ether oxygens (including phenoxy) is 1. The Morgan fingerprint density at radius 2 is 1.75 bits per heavy atom. The topological polar surface area (TPSA) is 32.7 Å². The summed E-state index contributed by atoms with van der Waals surface area (Å²) < 4.78 is 5.73. The average Bonchev–Trinajstić information content (AvgIpc) is 2.39. The van der Waals surface area contributed by atoms with E-state index in [1.54, 1.807) is 0 Å². The van der Waals surface area contributed by atoms with Crippen molar-refractivity contribution in [1.82, 2.24) is 4.90 Å². The van der Waals surface area contributed by atoms with Gasteiger partial charge < -0.3 is 9.84 Å². The third-order valence-electron chi connectivity index (χ3n) is 5.35. The summed E-state index contributed by atoms with van der Waals surface area (Å²) in [6.07, 6.45) is 5.86. The minimum atomic E-state index is -0.128. The van der Waals surface area contributed by atoms with Crippen LogP contribution in [0.1, 0.15) is 59.8 Å². The monoisotopic (exact) mass is 283 g/mol. The Morgan fingerprint density at radius 1 is 1.10 bits per heavy atom. The highest BCUT2D eigenvalue weighted by atomic mass is 16.5. The van der Waals surface area contributed by atoms with Gasteiger partial charge in [-0.25, -0.2) is 0 Å². The van der Waals surface area contributed by atoms with E-state index in [0.29, 0.717) is 17.6 Å². The number of rotatable bonds is 3. The largest absolute Gasteiger partial charge is 0.391 e. The zero-order valence-corrected chi connectivity index (χ0v) is 13.8. The molecular formula is C17H33NO2. The Balaban J connectivity index is 1.90. The molecule has 3 unspecified atom stereocenters. The van der Waals surface area contributed by atoms with E-state index in [1.165, 1.54) is 6.42 Å². The van der Waals surface area contributed by atoms with Crippen LogP contribution in [0.5, 0.6) is 0 Å². The van der Waals surface area contributed by atoms with Gasteiger partial charge in [0.15, 0.2) is 0 Å². The van der Waals surface area contributed by atoms with Crippen LogP contribution in [0.3, 0.4) is 0 Å². The number of aliphatic hydroxyl groups excluding tert-OH is 1. The Kier molecular flexibility index (Phi) is 5.49. The quantitative estimate of drug-likeness (QED) is 0.864. The summed E-state index contributed by atoms with van der Waals surface area (Å²) in [5, 5.41) is 10.4. The molecule has 1 saturated heterocycles. The molecule has 2 rings (SSSR count). The minimum absolute atomic E-state index is 0.128. The summed E-state index contributed by atoms with van der Waals surface area (Å²) in [5.74, 6) is 0.737. The van der Waals surface area contributed by atoms with E-state index in [-0.39, 0.29) is 6.10 Å². The van der Waals surface area contributed by atoms with Crippen molar-refractivity contribution in [3.8, 4) is 0 Å². The molecule has 3 atom stereocenters. The van der Waals surface area contributed by atoms with Crippen molar-refractivity contribution in [3.05, 3.63) is 0 Å². The highest BCUT2D eigenvalue weighted by Gasteiger charge is 2.38. The third kappa shape index (κ3) is 3.96. The second-order valence-electron chi connectivity index (χ2n) is 7.70. The predicted octanol–water partition coefficient (Wildman–Crippen LogP) is 3.06. The van der Waals surface area contributed by atoms with Crippen LogP contribution >= 0.6 is 0 Å². The first kappa shape index (κ1) is 16.3. The first-order valence-corrected chi connectivity index (χ1v) is 8.45. The highest BCUT2D eigenvalue weighted by Crippen LogP contribution is 2.40. The van der Waals surface area contributed by atoms with Crippen molar-refractivity contribution in [2.24, 2.45) is 11.3 Å². The molecule has 20 heavy (non-hydrogen) atoms. The van der Waals surface area contributed by atoms with Gasteiger partial charge in [-0.2, -0.15) is 0 Å². The Labute approximate surface area is 124 Å². The van der Waals surface area contributed by atoms with E-state index in [0.717, 1.165) is 51.3 Å². The number of nitrogens with zero attached hydrogens (tertiary/aromatic N) is 1. The first-order valence-electron chi connectivity index (χ1n) is 8.45. The fourth-order valence-electron chi connectivity index (χ4n) is 3.92. The lowest BCUT2D eigenvalue weighted by atomic mass is 9.69. The maximum atomic E-state index is 10.4. The van der Waals surface area contributed by atoms with Gasteiger partial charge >= 0.3 is 0 Å². The highest BCUT2D eigenvalue weighted by molar-refractivity contribution is 4.92. The molecule has 2 aliphatic rings. The molecule has 118 valence electrons. The van der Waals surface area contributed by atoms with Crippen molar-refractivity contribution in [2.45, 2.75) is 78.0 Å². The lowest BCUT2D eigenvalue weighted by molar-refractivity contribution is -0.0498. The molecule has 1 saturated carbocycles. The van der Waals surface area contributed by atoms with Crippen molar-refractivity contribution < 1.29 is 9.84 Å². The van der Waals surface area contributed by atoms with Crippen LogP contribution < -0.4 is 0 Å². The summed E-state index contributed by atoms with van der Waals surface area (Å²) in [7, 11) is 0. The fourth-order valence-corrected chi connectivity index (χ4v) is 3.92. The van der Waals surface area contributed by atoms with Gasteiger partial charge in [0.25, 0.3) is 0 Å². The smallest absolute Gasteiger partial charge is 0.0695 e. The Morgan fingerprint density at radius 3 is 2.30 bits per heavy atom. The van der Waals surface area contributed by atoms with Crippen molar-refractivity contribution in [2.75, 3.05) is 19.7 Å². The summed E-state index contributed by atoms with van der Waals surface area (Å²) in [4.78, 5) is 2.53. The van der Waals surface area contributed by atoms with Gasteiger partial charge in [0.1, 0.15) is 0 Å². The van der Waals surface area contributed by atoms with Crippen LogP contribution in [-0.4, -0.2) is 48.0 Å². The van der Waals surface area contributed by atoms with Gasteiger partial charge in [0.2, 0.25) is 0 Å². The van der Waals surface area contributed by atoms with Gasteiger partial charge in [-0.3, -0.25) is 4.90 Å². The van der Waals surface area contributed by atoms with Crippen LogP contribution in [0, 0.1) is 11.3 Å². The van der Waals surface area contributed by atoms with E-state index >= 15 is 0 Å². The van der Waals surface area contributed by atoms with Crippen LogP contribution in [0.25, 0.3) is 0 Å². The third-order valence-corrected chi connectivity index (χ3v) is 5.35. The van der Waals surface area contributed by atoms with Gasteiger partial charge in [0.05, 0.1) is 12.2 Å². The Hall–Kier alpha value is -0.120. The number of hydrogen-bond donors (Lipinski definition) is 1. The Bertz CT molecular complexity index is 292. The van der Waals surface area contributed by atoms with E-state index in [9.17, 15) is 5.11 Å². The summed E-state index contributed by atoms with van der Waals surface area (Å²) >= 11 is 0. The number of aliphatic hydroxyl groups is 1. The summed E-state index contributed by atoms with van der Waals surface area (Å²) in [6, 6.07) is 0.371. The van der Waals surface area contributed by atoms with Crippen LogP contribution in [-0.2, 0) is 4.74 Å². The molecule has 0 bridgehead atoms. The first-order chi connectivity index (χ1) is 9.41. The van der Waals surface area contributed by atoms with E-state index in [4.69, 9.17) is 4.74 Å². The molecule has 0 aromatic heterocycles. The molecule has 1 aliphatic heterocycles. The molecule has 2 fully saturated rings. The number of piperidine rings is 1. The lowest BCUT2D eigenvalue weighted by Crippen LogP contribution is -2.52. The maximum Gasteiger partial charge on any atom is 0.0695 e. The molecular weight excluding hydrogens is 250 g/mol. The molecule has 0 radical (unpaired) electrons. The van der Waals surface area contributed by atoms with E-state index in [2.05, 4.69) is 32.6 Å².